The molecule has 1 aliphatic heterocycles. The van der Waals surface area contributed by atoms with Crippen LogP contribution in [0.2, 0.25) is 0 Å². The van der Waals surface area contributed by atoms with Crippen LogP contribution in [-0.4, -0.2) is 18.4 Å². The maximum atomic E-state index is 13.5. The Morgan fingerprint density at radius 1 is 0.947 bits per heavy atom. The van der Waals surface area contributed by atoms with Crippen molar-refractivity contribution in [2.75, 3.05) is 0 Å². The van der Waals surface area contributed by atoms with Gasteiger partial charge in [0, 0.05) is 5.47 Å². The number of carbonyl (C=O) groups is 1. The zero-order valence-corrected chi connectivity index (χ0v) is 8.98. The molecule has 19 heavy (non-hydrogen) atoms. The molecule has 0 fully saturated rings. The van der Waals surface area contributed by atoms with E-state index in [1.54, 1.807) is 0 Å². The Labute approximate surface area is 104 Å². The molecule has 0 bridgehead atoms. The molecule has 0 unspecified atom stereocenters. The van der Waals surface area contributed by atoms with E-state index in [0.717, 1.165) is 19.3 Å². The van der Waals surface area contributed by atoms with Crippen molar-refractivity contribution in [3.05, 3.63) is 52.2 Å². The van der Waals surface area contributed by atoms with Crippen molar-refractivity contribution in [1.29, 1.82) is 0 Å². The lowest BCUT2D eigenvalue weighted by Crippen LogP contribution is -2.10. The van der Waals surface area contributed by atoms with E-state index in [0.29, 0.717) is 0 Å². The normalized spacial score (nSPS) is 13.9. The molecule has 1 aromatic carbocycles. The summed E-state index contributed by atoms with van der Waals surface area (Å²) in [6.07, 6.45) is 0.960. The average molecular weight is 273 g/mol. The highest BCUT2D eigenvalue weighted by molar-refractivity contribution is 6.62. The van der Waals surface area contributed by atoms with Gasteiger partial charge >= 0.3 is 5.97 Å². The number of halogens is 5. The minimum atomic E-state index is -2.29. The predicted molar refractivity (Wildman–Crippen MR) is 55.7 cm³/mol. The van der Waals surface area contributed by atoms with E-state index >= 15 is 0 Å². The van der Waals surface area contributed by atoms with Crippen molar-refractivity contribution in [2.24, 2.45) is 0 Å². The first kappa shape index (κ1) is 13.3. The fraction of sp³-hybridized carbons (Fsp3) is 0. The Morgan fingerprint density at radius 3 is 1.89 bits per heavy atom. The smallest absolute Gasteiger partial charge is 0.322 e. The molecule has 8 heteroatoms. The monoisotopic (exact) mass is 273 g/mol. The van der Waals surface area contributed by atoms with Gasteiger partial charge in [0.1, 0.15) is 0 Å². The van der Waals surface area contributed by atoms with E-state index in [9.17, 15) is 26.7 Å². The van der Waals surface area contributed by atoms with Gasteiger partial charge in [-0.2, -0.15) is 0 Å². The second-order valence-corrected chi connectivity index (χ2v) is 3.60. The second kappa shape index (κ2) is 4.53. The molecule has 0 amide bonds. The molecule has 1 radical (unpaired) electrons. The largest absolute Gasteiger partial charge is 0.478 e. The molecular weight excluding hydrogens is 270 g/mol. The van der Waals surface area contributed by atoms with Crippen molar-refractivity contribution in [3.63, 3.8) is 0 Å². The highest BCUT2D eigenvalue weighted by atomic mass is 19.2. The summed E-state index contributed by atoms with van der Waals surface area (Å²) in [5, 5.41) is 8.78. The van der Waals surface area contributed by atoms with Crippen molar-refractivity contribution < 1.29 is 31.9 Å². The molecular formula is C11H3BF5O2. The topological polar surface area (TPSA) is 37.3 Å². The highest BCUT2D eigenvalue weighted by Gasteiger charge is 2.30. The summed E-state index contributed by atoms with van der Waals surface area (Å²) in [4.78, 5) is 10.8. The van der Waals surface area contributed by atoms with Crippen molar-refractivity contribution in [1.82, 2.24) is 0 Å². The molecule has 2 nitrogen and oxygen atoms in total. The van der Waals surface area contributed by atoms with Crippen LogP contribution in [0.4, 0.5) is 22.0 Å². The summed E-state index contributed by atoms with van der Waals surface area (Å²) in [7, 11) is 0.996. The molecule has 0 aromatic heterocycles. The number of carboxylic acid groups (broad SMARTS) is 1. The van der Waals surface area contributed by atoms with E-state index in [1.165, 1.54) is 0 Å². The summed E-state index contributed by atoms with van der Waals surface area (Å²) in [6.45, 7) is 0. The molecule has 1 N–H and O–H groups in total. The van der Waals surface area contributed by atoms with Crippen LogP contribution >= 0.6 is 0 Å². The Bertz CT molecular complexity index is 622. The third kappa shape index (κ3) is 1.93. The minimum Gasteiger partial charge on any atom is -0.478 e. The maximum Gasteiger partial charge on any atom is 0.322 e. The van der Waals surface area contributed by atoms with Crippen LogP contribution in [0, 0.1) is 29.1 Å². The third-order valence-electron chi connectivity index (χ3n) is 2.53. The first-order valence-electron chi connectivity index (χ1n) is 4.87. The molecule has 0 spiro atoms. The quantitative estimate of drug-likeness (QED) is 0.389. The summed E-state index contributed by atoms with van der Waals surface area (Å²) in [5.41, 5.74) is -2.37. The Morgan fingerprint density at radius 2 is 1.42 bits per heavy atom. The standard InChI is InChI=1S/C11H3BF5O2/c13-6-4(3-1-2-12-5(3)11(18)19)7(14)9(16)10(17)8(6)15/h1-2H,(H,18,19). The van der Waals surface area contributed by atoms with Crippen LogP contribution in [0.3, 0.4) is 0 Å². The van der Waals surface area contributed by atoms with Gasteiger partial charge in [0.05, 0.1) is 5.56 Å². The fourth-order valence-corrected chi connectivity index (χ4v) is 1.67. The summed E-state index contributed by atoms with van der Waals surface area (Å²) >= 11 is 0. The van der Waals surface area contributed by atoms with Crippen LogP contribution in [0.5, 0.6) is 0 Å². The van der Waals surface area contributed by atoms with Gasteiger partial charge in [0.25, 0.3) is 0 Å². The van der Waals surface area contributed by atoms with Gasteiger partial charge in [-0.15, -0.1) is 5.98 Å². The SMILES string of the molecule is O=C(O)C1=C(c2c(F)c(F)c(F)c(F)c2F)C=C[B]1. The molecule has 1 aliphatic rings. The van der Waals surface area contributed by atoms with E-state index in [1.807, 2.05) is 0 Å². The van der Waals surface area contributed by atoms with Gasteiger partial charge in [-0.1, -0.05) is 6.08 Å². The van der Waals surface area contributed by atoms with Gasteiger partial charge < -0.3 is 5.11 Å². The van der Waals surface area contributed by atoms with E-state index < -0.39 is 51.7 Å². The molecule has 0 aliphatic carbocycles. The summed E-state index contributed by atoms with van der Waals surface area (Å²) in [5.74, 6) is -11.1. The lowest BCUT2D eigenvalue weighted by atomic mass is 9.71. The van der Waals surface area contributed by atoms with Crippen LogP contribution < -0.4 is 0 Å². The summed E-state index contributed by atoms with van der Waals surface area (Å²) in [6, 6.07) is 0. The van der Waals surface area contributed by atoms with Crippen LogP contribution in [-0.2, 0) is 4.79 Å². The maximum absolute atomic E-state index is 13.5. The molecule has 0 saturated carbocycles. The molecule has 1 heterocycles. The zero-order chi connectivity index (χ0) is 14.3. The number of hydrogen-bond acceptors (Lipinski definition) is 1. The van der Waals surface area contributed by atoms with Gasteiger partial charge in [-0.05, 0) is 5.57 Å². The van der Waals surface area contributed by atoms with Crippen LogP contribution in [0.25, 0.3) is 5.57 Å². The lowest BCUT2D eigenvalue weighted by Gasteiger charge is -2.09. The molecule has 1 aromatic rings. The molecule has 97 valence electrons. The van der Waals surface area contributed by atoms with E-state index in [2.05, 4.69) is 0 Å². The zero-order valence-electron chi connectivity index (χ0n) is 8.98. The lowest BCUT2D eigenvalue weighted by molar-refractivity contribution is -0.131. The third-order valence-corrected chi connectivity index (χ3v) is 2.53. The molecule has 0 atom stereocenters. The fourth-order valence-electron chi connectivity index (χ4n) is 1.67. The first-order valence-corrected chi connectivity index (χ1v) is 4.87. The van der Waals surface area contributed by atoms with Crippen molar-refractivity contribution >= 4 is 18.8 Å². The number of carboxylic acids is 1. The molecule has 0 saturated heterocycles. The predicted octanol–water partition coefficient (Wildman–Crippen LogP) is 2.41. The van der Waals surface area contributed by atoms with Crippen molar-refractivity contribution in [3.8, 4) is 0 Å². The second-order valence-electron chi connectivity index (χ2n) is 3.60. The number of benzene rings is 1. The number of hydrogen-bond donors (Lipinski definition) is 1. The van der Waals surface area contributed by atoms with E-state index in [-0.39, 0.29) is 0 Å². The number of aliphatic carboxylic acids is 1. The van der Waals surface area contributed by atoms with Gasteiger partial charge in [-0.25, -0.2) is 26.7 Å². The molecule has 2 rings (SSSR count). The minimum absolute atomic E-state index is 0.553. The van der Waals surface area contributed by atoms with Crippen LogP contribution in [0.1, 0.15) is 5.56 Å². The Hall–Kier alpha value is -2.12. The average Bonchev–Trinajstić information content (AvgIpc) is 2.83. The van der Waals surface area contributed by atoms with E-state index in [4.69, 9.17) is 5.11 Å². The van der Waals surface area contributed by atoms with Gasteiger partial charge in [0.15, 0.2) is 30.5 Å². The summed E-state index contributed by atoms with van der Waals surface area (Å²) < 4.78 is 65.9. The Balaban J connectivity index is 2.81. The van der Waals surface area contributed by atoms with Gasteiger partial charge in [0.2, 0.25) is 5.82 Å². The highest BCUT2D eigenvalue weighted by Crippen LogP contribution is 2.32. The van der Waals surface area contributed by atoms with Crippen LogP contribution in [0.15, 0.2) is 17.5 Å². The Kier molecular flexibility index (Phi) is 3.17. The number of allylic oxidation sites excluding steroid dienone is 2. The van der Waals surface area contributed by atoms with Crippen molar-refractivity contribution in [2.45, 2.75) is 0 Å². The number of rotatable bonds is 2. The van der Waals surface area contributed by atoms with Gasteiger partial charge in [-0.3, -0.25) is 0 Å². The first-order chi connectivity index (χ1) is 8.86.